The first-order valence-electron chi connectivity index (χ1n) is 5.61. The Balaban J connectivity index is 3.31. The largest absolute Gasteiger partial charge is 0.402 e. The van der Waals surface area contributed by atoms with E-state index in [2.05, 4.69) is 0 Å². The lowest BCUT2D eigenvalue weighted by molar-refractivity contribution is -0.135. The molecule has 114 valence electrons. The van der Waals surface area contributed by atoms with Crippen LogP contribution >= 0.6 is 11.6 Å². The highest BCUT2D eigenvalue weighted by atomic mass is 35.5. The highest BCUT2D eigenvalue weighted by molar-refractivity contribution is 7.89. The molecule has 0 fully saturated rings. The average molecular weight is 331 g/mol. The summed E-state index contributed by atoms with van der Waals surface area (Å²) < 4.78 is 62.0. The van der Waals surface area contributed by atoms with E-state index in [-0.39, 0.29) is 17.3 Å². The molecular weight excluding hydrogens is 317 g/mol. The minimum absolute atomic E-state index is 0.149. The lowest BCUT2D eigenvalue weighted by Gasteiger charge is -2.22. The van der Waals surface area contributed by atoms with Crippen LogP contribution < -0.4 is 5.73 Å². The van der Waals surface area contributed by atoms with Crippen molar-refractivity contribution in [1.82, 2.24) is 4.31 Å². The molecule has 4 nitrogen and oxygen atoms in total. The average Bonchev–Trinajstić information content (AvgIpc) is 2.29. The van der Waals surface area contributed by atoms with Crippen LogP contribution in [0, 0.1) is 6.92 Å². The van der Waals surface area contributed by atoms with Crippen molar-refractivity contribution in [2.75, 3.05) is 18.8 Å². The van der Waals surface area contributed by atoms with Crippen molar-refractivity contribution in [3.63, 3.8) is 0 Å². The van der Waals surface area contributed by atoms with Crippen LogP contribution in [0.1, 0.15) is 12.5 Å². The summed E-state index contributed by atoms with van der Waals surface area (Å²) in [5, 5.41) is -0.155. The van der Waals surface area contributed by atoms with Gasteiger partial charge in [0.25, 0.3) is 0 Å². The number of hydrogen-bond acceptors (Lipinski definition) is 3. The van der Waals surface area contributed by atoms with Crippen LogP contribution in [0.5, 0.6) is 0 Å². The maximum atomic E-state index is 12.4. The van der Waals surface area contributed by atoms with Gasteiger partial charge in [0.05, 0.1) is 5.02 Å². The summed E-state index contributed by atoms with van der Waals surface area (Å²) in [4.78, 5) is -0.423. The van der Waals surface area contributed by atoms with E-state index in [1.807, 2.05) is 0 Å². The molecule has 2 N–H and O–H groups in total. The number of benzene rings is 1. The quantitative estimate of drug-likeness (QED) is 0.863. The summed E-state index contributed by atoms with van der Waals surface area (Å²) in [5.41, 5.74) is 6.29. The van der Waals surface area contributed by atoms with E-state index in [9.17, 15) is 21.6 Å². The Morgan fingerprint density at radius 3 is 2.35 bits per heavy atom. The molecule has 1 aromatic rings. The first-order valence-corrected chi connectivity index (χ1v) is 7.43. The van der Waals surface area contributed by atoms with Crippen molar-refractivity contribution < 1.29 is 21.6 Å². The van der Waals surface area contributed by atoms with Crippen LogP contribution in [0.25, 0.3) is 0 Å². The van der Waals surface area contributed by atoms with Crippen LogP contribution in [0.4, 0.5) is 18.9 Å². The summed E-state index contributed by atoms with van der Waals surface area (Å²) in [6, 6.07) is 2.39. The summed E-state index contributed by atoms with van der Waals surface area (Å²) in [5.74, 6) is 0. The molecule has 0 aliphatic carbocycles. The van der Waals surface area contributed by atoms with Crippen LogP contribution in [0.15, 0.2) is 17.0 Å². The Kier molecular flexibility index (Phi) is 4.94. The molecule has 0 unspecified atom stereocenters. The number of nitrogens with zero attached hydrogens (tertiary/aromatic N) is 1. The molecule has 1 rings (SSSR count). The fraction of sp³-hybridized carbons (Fsp3) is 0.455. The molecule has 0 bridgehead atoms. The van der Waals surface area contributed by atoms with Crippen LogP contribution in [-0.4, -0.2) is 32.0 Å². The molecule has 0 spiro atoms. The molecule has 20 heavy (non-hydrogen) atoms. The molecule has 0 aromatic heterocycles. The fourth-order valence-electron chi connectivity index (χ4n) is 1.57. The van der Waals surface area contributed by atoms with Crippen molar-refractivity contribution in [2.45, 2.75) is 24.9 Å². The van der Waals surface area contributed by atoms with Gasteiger partial charge in [-0.05, 0) is 24.6 Å². The van der Waals surface area contributed by atoms with Gasteiger partial charge >= 0.3 is 6.18 Å². The Morgan fingerprint density at radius 2 is 1.90 bits per heavy atom. The summed E-state index contributed by atoms with van der Waals surface area (Å²) in [6.45, 7) is 1.03. The van der Waals surface area contributed by atoms with E-state index in [1.54, 1.807) is 6.92 Å². The number of halogens is 4. The predicted octanol–water partition coefficient (Wildman–Crippen LogP) is 2.80. The van der Waals surface area contributed by atoms with Gasteiger partial charge in [-0.25, -0.2) is 8.42 Å². The molecule has 1 aromatic carbocycles. The highest BCUT2D eigenvalue weighted by Gasteiger charge is 2.37. The molecule has 0 saturated heterocycles. The van der Waals surface area contributed by atoms with Gasteiger partial charge in [-0.2, -0.15) is 17.5 Å². The van der Waals surface area contributed by atoms with Gasteiger partial charge < -0.3 is 5.73 Å². The van der Waals surface area contributed by atoms with Gasteiger partial charge in [-0.1, -0.05) is 18.5 Å². The summed E-state index contributed by atoms with van der Waals surface area (Å²) in [6.07, 6.45) is -4.63. The minimum atomic E-state index is -4.63. The first kappa shape index (κ1) is 17.1. The summed E-state index contributed by atoms with van der Waals surface area (Å²) in [7, 11) is -4.35. The summed E-state index contributed by atoms with van der Waals surface area (Å²) >= 11 is 5.82. The zero-order chi connectivity index (χ0) is 15.7. The third-order valence-electron chi connectivity index (χ3n) is 2.65. The highest BCUT2D eigenvalue weighted by Crippen LogP contribution is 2.30. The second-order valence-corrected chi connectivity index (χ2v) is 6.50. The zero-order valence-corrected chi connectivity index (χ0v) is 12.4. The van der Waals surface area contributed by atoms with Crippen molar-refractivity contribution >= 4 is 27.3 Å². The van der Waals surface area contributed by atoms with Crippen molar-refractivity contribution in [3.05, 3.63) is 22.7 Å². The van der Waals surface area contributed by atoms with Gasteiger partial charge in [-0.3, -0.25) is 0 Å². The van der Waals surface area contributed by atoms with Crippen molar-refractivity contribution in [3.8, 4) is 0 Å². The van der Waals surface area contributed by atoms with E-state index in [4.69, 9.17) is 17.3 Å². The normalized spacial score (nSPS) is 12.9. The van der Waals surface area contributed by atoms with E-state index < -0.39 is 27.6 Å². The Bertz CT molecular complexity index is 602. The number of alkyl halides is 3. The molecule has 9 heteroatoms. The Hall–Kier alpha value is -0.990. The third-order valence-corrected chi connectivity index (χ3v) is 5.03. The Labute approximate surface area is 120 Å². The molecule has 0 heterocycles. The SMILES string of the molecule is CCN(CC(F)(F)F)S(=O)(=O)c1cc(N)c(C)cc1Cl. The van der Waals surface area contributed by atoms with Crippen LogP contribution in [0.3, 0.4) is 0 Å². The van der Waals surface area contributed by atoms with E-state index in [1.165, 1.54) is 13.0 Å². The van der Waals surface area contributed by atoms with Crippen molar-refractivity contribution in [1.29, 1.82) is 0 Å². The van der Waals surface area contributed by atoms with Crippen LogP contribution in [0.2, 0.25) is 5.02 Å². The number of sulfonamides is 1. The molecule has 0 saturated carbocycles. The van der Waals surface area contributed by atoms with Gasteiger partial charge in [0.1, 0.15) is 11.4 Å². The zero-order valence-electron chi connectivity index (χ0n) is 10.8. The van der Waals surface area contributed by atoms with Crippen LogP contribution in [-0.2, 0) is 10.0 Å². The smallest absolute Gasteiger partial charge is 0.398 e. The lowest BCUT2D eigenvalue weighted by atomic mass is 10.2. The van der Waals surface area contributed by atoms with E-state index >= 15 is 0 Å². The Morgan fingerprint density at radius 1 is 1.35 bits per heavy atom. The molecule has 0 amide bonds. The monoisotopic (exact) mass is 330 g/mol. The fourth-order valence-corrected chi connectivity index (χ4v) is 3.60. The maximum Gasteiger partial charge on any atom is 0.402 e. The second kappa shape index (κ2) is 5.79. The van der Waals surface area contributed by atoms with E-state index in [0.717, 1.165) is 6.07 Å². The number of nitrogen functional groups attached to an aromatic ring is 1. The number of aryl methyl sites for hydroxylation is 1. The molecular formula is C11H14ClF3N2O2S. The molecule has 0 aliphatic heterocycles. The van der Waals surface area contributed by atoms with Gasteiger partial charge in [-0.15, -0.1) is 0 Å². The van der Waals surface area contributed by atoms with Gasteiger partial charge in [0.15, 0.2) is 0 Å². The van der Waals surface area contributed by atoms with Crippen molar-refractivity contribution in [2.24, 2.45) is 0 Å². The maximum absolute atomic E-state index is 12.4. The number of anilines is 1. The second-order valence-electron chi connectivity index (χ2n) is 4.19. The molecule has 0 radical (unpaired) electrons. The molecule has 0 atom stereocenters. The number of nitrogens with two attached hydrogens (primary N) is 1. The first-order chi connectivity index (χ1) is 8.99. The number of hydrogen-bond donors (Lipinski definition) is 1. The number of rotatable bonds is 4. The molecule has 0 aliphatic rings. The third kappa shape index (κ3) is 3.77. The standard InChI is InChI=1S/C11H14ClF3N2O2S/c1-3-17(6-11(13,14)15)20(18,19)10-5-9(16)7(2)4-8(10)12/h4-5H,3,6,16H2,1-2H3. The van der Waals surface area contributed by atoms with Gasteiger partial charge in [0.2, 0.25) is 10.0 Å². The van der Waals surface area contributed by atoms with E-state index in [0.29, 0.717) is 9.87 Å². The van der Waals surface area contributed by atoms with Gasteiger partial charge in [0, 0.05) is 12.2 Å². The predicted molar refractivity (Wildman–Crippen MR) is 71.1 cm³/mol. The minimum Gasteiger partial charge on any atom is -0.398 e. The lowest BCUT2D eigenvalue weighted by Crippen LogP contribution is -2.38. The topological polar surface area (TPSA) is 63.4 Å².